The fraction of sp³-hybridized carbons (Fsp3) is 0.0769. The van der Waals surface area contributed by atoms with Crippen molar-refractivity contribution in [3.8, 4) is 17.6 Å². The van der Waals surface area contributed by atoms with E-state index in [0.717, 1.165) is 5.56 Å². The van der Waals surface area contributed by atoms with E-state index in [1.54, 1.807) is 13.0 Å². The van der Waals surface area contributed by atoms with E-state index < -0.39 is 0 Å². The third kappa shape index (κ3) is 6.26. The number of carbonyl (C=O) groups excluding carboxylic acids is 1. The van der Waals surface area contributed by atoms with Crippen molar-refractivity contribution in [2.45, 2.75) is 13.5 Å². The number of nitrogens with zero attached hydrogens (tertiary/aromatic N) is 1. The van der Waals surface area contributed by atoms with E-state index >= 15 is 0 Å². The van der Waals surface area contributed by atoms with Gasteiger partial charge in [-0.3, -0.25) is 4.79 Å². The van der Waals surface area contributed by atoms with E-state index in [0.29, 0.717) is 50.5 Å². The largest absolute Gasteiger partial charge is 0.507 e. The number of amides is 1. The number of hydrogen-bond acceptors (Lipinski definition) is 4. The number of halogens is 2. The van der Waals surface area contributed by atoms with Crippen LogP contribution in [-0.4, -0.2) is 11.5 Å². The molecule has 3 aromatic rings. The molecule has 0 aliphatic rings. The van der Waals surface area contributed by atoms with Crippen LogP contribution in [0.25, 0.3) is 11.3 Å². The number of phenolic OH excluding ortho intramolecular Hbond substituents is 1. The Morgan fingerprint density at radius 2 is 1.94 bits per heavy atom. The third-order valence-electron chi connectivity index (χ3n) is 4.80. The van der Waals surface area contributed by atoms with Crippen molar-refractivity contribution >= 4 is 45.2 Å². The number of carbonyl (C=O) groups is 1. The van der Waals surface area contributed by atoms with Crippen molar-refractivity contribution in [3.63, 3.8) is 0 Å². The maximum absolute atomic E-state index is 11.3. The van der Waals surface area contributed by atoms with E-state index in [-0.39, 0.29) is 11.4 Å². The predicted octanol–water partition coefficient (Wildman–Crippen LogP) is 6.47. The van der Waals surface area contributed by atoms with Crippen LogP contribution in [0.1, 0.15) is 23.6 Å². The highest BCUT2D eigenvalue weighted by molar-refractivity contribution is 9.10. The Morgan fingerprint density at radius 3 is 2.64 bits per heavy atom. The van der Waals surface area contributed by atoms with Gasteiger partial charge in [-0.15, -0.1) is 0 Å². The van der Waals surface area contributed by atoms with Crippen molar-refractivity contribution < 1.29 is 14.6 Å². The molecule has 0 fully saturated rings. The van der Waals surface area contributed by atoms with Crippen LogP contribution in [0.15, 0.2) is 82.9 Å². The molecule has 3 rings (SSSR count). The summed E-state index contributed by atoms with van der Waals surface area (Å²) in [6.45, 7) is 2.08. The molecule has 7 heteroatoms. The van der Waals surface area contributed by atoms with Gasteiger partial charge in [-0.1, -0.05) is 54.1 Å². The first kappa shape index (κ1) is 24.1. The van der Waals surface area contributed by atoms with Gasteiger partial charge in [0, 0.05) is 15.6 Å². The molecule has 0 atom stereocenters. The van der Waals surface area contributed by atoms with E-state index in [1.807, 2.05) is 54.6 Å². The maximum Gasteiger partial charge on any atom is 0.211 e. The van der Waals surface area contributed by atoms with Gasteiger partial charge in [0.05, 0.1) is 16.8 Å². The Kier molecular flexibility index (Phi) is 8.31. The molecule has 0 aromatic heterocycles. The second-order valence-electron chi connectivity index (χ2n) is 7.06. The monoisotopic (exact) mass is 522 g/mol. The van der Waals surface area contributed by atoms with Crippen molar-refractivity contribution in [3.05, 3.63) is 105 Å². The lowest BCUT2D eigenvalue weighted by molar-refractivity contribution is -0.108. The average molecular weight is 524 g/mol. The van der Waals surface area contributed by atoms with E-state index in [1.165, 1.54) is 12.1 Å². The number of nitriles is 1. The zero-order chi connectivity index (χ0) is 23.8. The number of benzene rings is 3. The van der Waals surface area contributed by atoms with Crippen LogP contribution in [-0.2, 0) is 11.4 Å². The van der Waals surface area contributed by atoms with Crippen LogP contribution in [0, 0.1) is 11.3 Å². The highest BCUT2D eigenvalue weighted by Crippen LogP contribution is 2.35. The van der Waals surface area contributed by atoms with Gasteiger partial charge in [0.2, 0.25) is 6.41 Å². The third-order valence-corrected chi connectivity index (χ3v) is 5.99. The Balaban J connectivity index is 2.02. The van der Waals surface area contributed by atoms with Gasteiger partial charge >= 0.3 is 0 Å². The number of hydrogen-bond donors (Lipinski definition) is 2. The van der Waals surface area contributed by atoms with E-state index in [9.17, 15) is 15.2 Å². The van der Waals surface area contributed by atoms with Gasteiger partial charge in [0.25, 0.3) is 0 Å². The number of rotatable bonds is 8. The second kappa shape index (κ2) is 11.4. The quantitative estimate of drug-likeness (QED) is 0.201. The molecular formula is C26H20BrClN2O3. The molecule has 0 saturated carbocycles. The van der Waals surface area contributed by atoms with Crippen LogP contribution >= 0.6 is 27.5 Å². The van der Waals surface area contributed by atoms with Gasteiger partial charge in [-0.25, -0.2) is 0 Å². The van der Waals surface area contributed by atoms with Crippen LogP contribution in [0.5, 0.6) is 11.5 Å². The minimum atomic E-state index is -0.0826. The van der Waals surface area contributed by atoms with Crippen molar-refractivity contribution in [1.82, 2.24) is 5.32 Å². The van der Waals surface area contributed by atoms with E-state index in [2.05, 4.69) is 27.3 Å². The molecule has 0 aliphatic carbocycles. The summed E-state index contributed by atoms with van der Waals surface area (Å²) >= 11 is 9.46. The van der Waals surface area contributed by atoms with Crippen LogP contribution < -0.4 is 10.1 Å². The highest BCUT2D eigenvalue weighted by atomic mass is 79.9. The summed E-state index contributed by atoms with van der Waals surface area (Å²) in [5, 5.41) is 23.0. The van der Waals surface area contributed by atoms with Gasteiger partial charge in [0.15, 0.2) is 0 Å². The second-order valence-corrected chi connectivity index (χ2v) is 8.32. The summed E-state index contributed by atoms with van der Waals surface area (Å²) in [5.74, 6) is 0.549. The number of aromatic hydroxyl groups is 1. The Morgan fingerprint density at radius 1 is 1.18 bits per heavy atom. The van der Waals surface area contributed by atoms with Gasteiger partial charge < -0.3 is 15.2 Å². The predicted molar refractivity (Wildman–Crippen MR) is 133 cm³/mol. The molecule has 0 unspecified atom stereocenters. The van der Waals surface area contributed by atoms with Gasteiger partial charge in [0.1, 0.15) is 18.1 Å². The minimum absolute atomic E-state index is 0.0826. The topological polar surface area (TPSA) is 82.4 Å². The van der Waals surface area contributed by atoms with Crippen LogP contribution in [0.3, 0.4) is 0 Å². The zero-order valence-electron chi connectivity index (χ0n) is 17.7. The molecule has 3 aromatic carbocycles. The Hall–Kier alpha value is -3.53. The molecule has 0 radical (unpaired) electrons. The average Bonchev–Trinajstić information content (AvgIpc) is 2.83. The first-order valence-corrected chi connectivity index (χ1v) is 11.1. The summed E-state index contributed by atoms with van der Waals surface area (Å²) in [4.78, 5) is 11.3. The Bertz CT molecular complexity index is 1260. The molecule has 0 aliphatic heterocycles. The summed E-state index contributed by atoms with van der Waals surface area (Å²) < 4.78 is 6.44. The molecule has 0 bridgehead atoms. The lowest BCUT2D eigenvalue weighted by atomic mass is 9.98. The first-order chi connectivity index (χ1) is 15.9. The fourth-order valence-electron chi connectivity index (χ4n) is 3.12. The molecule has 2 N–H and O–H groups in total. The van der Waals surface area contributed by atoms with Crippen LogP contribution in [0.2, 0.25) is 5.02 Å². The van der Waals surface area contributed by atoms with Crippen LogP contribution in [0.4, 0.5) is 0 Å². The van der Waals surface area contributed by atoms with Gasteiger partial charge in [-0.2, -0.15) is 5.26 Å². The van der Waals surface area contributed by atoms with Crippen molar-refractivity contribution in [2.24, 2.45) is 0 Å². The lowest BCUT2D eigenvalue weighted by Gasteiger charge is -2.14. The lowest BCUT2D eigenvalue weighted by Crippen LogP contribution is -2.10. The van der Waals surface area contributed by atoms with Crippen molar-refractivity contribution in [1.29, 1.82) is 5.26 Å². The molecule has 0 spiro atoms. The highest BCUT2D eigenvalue weighted by Gasteiger charge is 2.14. The van der Waals surface area contributed by atoms with Crippen molar-refractivity contribution in [2.75, 3.05) is 0 Å². The summed E-state index contributed by atoms with van der Waals surface area (Å²) in [6, 6.07) is 22.2. The number of ether oxygens (including phenoxy) is 1. The zero-order valence-corrected chi connectivity index (χ0v) is 20.0. The molecule has 0 heterocycles. The first-order valence-electron chi connectivity index (χ1n) is 9.91. The standard InChI is InChI=1S/C26H20BrClN2O3/c1-17(14-29)21(12-25(30-16-31)22-11-24(28)23(27)13-26(22)32)19-8-5-9-20(10-19)33-15-18-6-3-2-4-7-18/h2-13,16,32H,15H2,1H3,(H,30,31)/b21-17-,25-12-. The molecule has 166 valence electrons. The number of allylic oxidation sites excluding steroid dienone is 3. The maximum atomic E-state index is 11.3. The SMILES string of the molecule is C/C(C#N)=C(\C=C(/NC=O)c1cc(Cl)c(Br)cc1O)c1cccc(OCc2ccccc2)c1. The summed E-state index contributed by atoms with van der Waals surface area (Å²) in [7, 11) is 0. The number of phenols is 1. The normalized spacial score (nSPS) is 11.9. The van der Waals surface area contributed by atoms with Gasteiger partial charge in [-0.05, 0) is 69.9 Å². The molecule has 0 saturated heterocycles. The molecular weight excluding hydrogens is 504 g/mol. The summed E-state index contributed by atoms with van der Waals surface area (Å²) in [5.41, 5.74) is 3.33. The fourth-order valence-corrected chi connectivity index (χ4v) is 3.61. The molecule has 1 amide bonds. The van der Waals surface area contributed by atoms with E-state index in [4.69, 9.17) is 16.3 Å². The Labute approximate surface area is 205 Å². The molecule has 5 nitrogen and oxygen atoms in total. The molecule has 33 heavy (non-hydrogen) atoms. The number of nitrogens with one attached hydrogen (secondary N) is 1. The minimum Gasteiger partial charge on any atom is -0.507 e. The summed E-state index contributed by atoms with van der Waals surface area (Å²) in [6.07, 6.45) is 2.13. The smallest absolute Gasteiger partial charge is 0.211 e.